The highest BCUT2D eigenvalue weighted by molar-refractivity contribution is 5.81. The van der Waals surface area contributed by atoms with Crippen LogP contribution in [0.1, 0.15) is 24.2 Å². The second kappa shape index (κ2) is 5.50. The smallest absolute Gasteiger partial charge is 0.119 e. The first-order valence-electron chi connectivity index (χ1n) is 7.91. The first kappa shape index (κ1) is 13.4. The summed E-state index contributed by atoms with van der Waals surface area (Å²) in [5.74, 6) is 0.933. The SMILES string of the molecule is CCOc1ccc(C2NCCn3c2cc2ccccc23)cc1. The molecule has 2 heterocycles. The van der Waals surface area contributed by atoms with Gasteiger partial charge >= 0.3 is 0 Å². The van der Waals surface area contributed by atoms with Gasteiger partial charge in [-0.05, 0) is 42.1 Å². The van der Waals surface area contributed by atoms with E-state index in [2.05, 4.69) is 64.5 Å². The Bertz CT molecular complexity index is 789. The van der Waals surface area contributed by atoms with E-state index in [9.17, 15) is 0 Å². The van der Waals surface area contributed by atoms with E-state index in [1.54, 1.807) is 0 Å². The van der Waals surface area contributed by atoms with Crippen LogP contribution in [0.15, 0.2) is 54.6 Å². The normalized spacial score (nSPS) is 17.4. The molecular formula is C19H20N2O. The van der Waals surface area contributed by atoms with E-state index in [4.69, 9.17) is 4.74 Å². The Morgan fingerprint density at radius 3 is 2.77 bits per heavy atom. The van der Waals surface area contributed by atoms with Gasteiger partial charge in [-0.2, -0.15) is 0 Å². The molecule has 0 bridgehead atoms. The van der Waals surface area contributed by atoms with Crippen molar-refractivity contribution >= 4 is 10.9 Å². The zero-order valence-corrected chi connectivity index (χ0v) is 12.8. The van der Waals surface area contributed by atoms with Crippen LogP contribution in [0, 0.1) is 0 Å². The van der Waals surface area contributed by atoms with Crippen LogP contribution >= 0.6 is 0 Å². The zero-order valence-electron chi connectivity index (χ0n) is 12.8. The van der Waals surface area contributed by atoms with Crippen LogP contribution in [0.5, 0.6) is 5.75 Å². The van der Waals surface area contributed by atoms with Crippen molar-refractivity contribution in [2.75, 3.05) is 13.2 Å². The lowest BCUT2D eigenvalue weighted by Gasteiger charge is -2.27. The van der Waals surface area contributed by atoms with E-state index in [0.717, 1.165) is 18.8 Å². The highest BCUT2D eigenvalue weighted by Gasteiger charge is 2.23. The zero-order chi connectivity index (χ0) is 14.9. The molecule has 3 aromatic rings. The minimum atomic E-state index is 0.247. The minimum absolute atomic E-state index is 0.247. The number of nitrogens with zero attached hydrogens (tertiary/aromatic N) is 1. The molecule has 4 rings (SSSR count). The largest absolute Gasteiger partial charge is 0.494 e. The first-order chi connectivity index (χ1) is 10.9. The minimum Gasteiger partial charge on any atom is -0.494 e. The standard InChI is InChI=1S/C19H20N2O/c1-2-22-16-9-7-14(8-10-16)19-18-13-15-5-3-4-6-17(15)21(18)12-11-20-19/h3-10,13,19-20H,2,11-12H2,1H3. The van der Waals surface area contributed by atoms with Crippen molar-refractivity contribution in [2.24, 2.45) is 0 Å². The van der Waals surface area contributed by atoms with Gasteiger partial charge in [0.05, 0.1) is 12.6 Å². The number of fused-ring (bicyclic) bond motifs is 3. The first-order valence-corrected chi connectivity index (χ1v) is 7.91. The van der Waals surface area contributed by atoms with Crippen molar-refractivity contribution in [1.82, 2.24) is 9.88 Å². The maximum atomic E-state index is 5.54. The Morgan fingerprint density at radius 1 is 1.14 bits per heavy atom. The van der Waals surface area contributed by atoms with Crippen LogP contribution in [0.4, 0.5) is 0 Å². The van der Waals surface area contributed by atoms with Crippen molar-refractivity contribution in [3.63, 3.8) is 0 Å². The van der Waals surface area contributed by atoms with Gasteiger partial charge < -0.3 is 14.6 Å². The summed E-state index contributed by atoms with van der Waals surface area (Å²) in [6.45, 7) is 4.73. The maximum Gasteiger partial charge on any atom is 0.119 e. The average Bonchev–Trinajstić information content (AvgIpc) is 2.95. The monoisotopic (exact) mass is 292 g/mol. The number of hydrogen-bond donors (Lipinski definition) is 1. The molecule has 3 heteroatoms. The second-order valence-corrected chi connectivity index (χ2v) is 5.67. The van der Waals surface area contributed by atoms with E-state index in [-0.39, 0.29) is 6.04 Å². The second-order valence-electron chi connectivity index (χ2n) is 5.67. The summed E-state index contributed by atoms with van der Waals surface area (Å²) in [4.78, 5) is 0. The molecule has 1 unspecified atom stereocenters. The van der Waals surface area contributed by atoms with Crippen LogP contribution in [-0.4, -0.2) is 17.7 Å². The number of aromatic nitrogens is 1. The third-order valence-corrected chi connectivity index (χ3v) is 4.35. The molecule has 2 aromatic carbocycles. The van der Waals surface area contributed by atoms with Crippen molar-refractivity contribution in [3.8, 4) is 5.75 Å². The third-order valence-electron chi connectivity index (χ3n) is 4.35. The highest BCUT2D eigenvalue weighted by Crippen LogP contribution is 2.31. The molecule has 0 radical (unpaired) electrons. The molecule has 0 saturated carbocycles. The van der Waals surface area contributed by atoms with Gasteiger partial charge in [0.1, 0.15) is 5.75 Å². The number of para-hydroxylation sites is 1. The molecule has 1 aromatic heterocycles. The Balaban J connectivity index is 1.75. The van der Waals surface area contributed by atoms with E-state index in [1.807, 2.05) is 6.92 Å². The van der Waals surface area contributed by atoms with Gasteiger partial charge in [0.2, 0.25) is 0 Å². The fourth-order valence-electron chi connectivity index (χ4n) is 3.36. The van der Waals surface area contributed by atoms with E-state index in [0.29, 0.717) is 6.61 Å². The predicted octanol–water partition coefficient (Wildman–Crippen LogP) is 3.73. The predicted molar refractivity (Wildman–Crippen MR) is 89.4 cm³/mol. The Hall–Kier alpha value is -2.26. The molecule has 1 atom stereocenters. The average molecular weight is 292 g/mol. The van der Waals surface area contributed by atoms with E-state index in [1.165, 1.54) is 22.2 Å². The molecule has 1 aliphatic heterocycles. The van der Waals surface area contributed by atoms with Gasteiger partial charge in [0.25, 0.3) is 0 Å². The van der Waals surface area contributed by atoms with Gasteiger partial charge in [-0.15, -0.1) is 0 Å². The lowest BCUT2D eigenvalue weighted by Crippen LogP contribution is -2.33. The summed E-state index contributed by atoms with van der Waals surface area (Å²) in [7, 11) is 0. The lowest BCUT2D eigenvalue weighted by atomic mass is 10.0. The third kappa shape index (κ3) is 2.18. The number of benzene rings is 2. The quantitative estimate of drug-likeness (QED) is 0.796. The molecule has 0 saturated heterocycles. The number of rotatable bonds is 3. The Kier molecular flexibility index (Phi) is 3.35. The van der Waals surface area contributed by atoms with E-state index < -0.39 is 0 Å². The molecular weight excluding hydrogens is 272 g/mol. The highest BCUT2D eigenvalue weighted by atomic mass is 16.5. The molecule has 0 aliphatic carbocycles. The summed E-state index contributed by atoms with van der Waals surface area (Å²) in [5, 5.41) is 4.96. The molecule has 0 amide bonds. The molecule has 0 spiro atoms. The van der Waals surface area contributed by atoms with Gasteiger partial charge in [-0.3, -0.25) is 0 Å². The fraction of sp³-hybridized carbons (Fsp3) is 0.263. The summed E-state index contributed by atoms with van der Waals surface area (Å²) in [6.07, 6.45) is 0. The summed E-state index contributed by atoms with van der Waals surface area (Å²) < 4.78 is 7.98. The number of ether oxygens (including phenoxy) is 1. The van der Waals surface area contributed by atoms with Gasteiger partial charge in [0.15, 0.2) is 0 Å². The van der Waals surface area contributed by atoms with E-state index >= 15 is 0 Å². The molecule has 1 N–H and O–H groups in total. The van der Waals surface area contributed by atoms with Crippen LogP contribution in [-0.2, 0) is 6.54 Å². The molecule has 0 fully saturated rings. The topological polar surface area (TPSA) is 26.2 Å². The van der Waals surface area contributed by atoms with Crippen LogP contribution < -0.4 is 10.1 Å². The van der Waals surface area contributed by atoms with Crippen molar-refractivity contribution in [1.29, 1.82) is 0 Å². The van der Waals surface area contributed by atoms with Crippen LogP contribution in [0.3, 0.4) is 0 Å². The number of nitrogens with one attached hydrogen (secondary N) is 1. The molecule has 1 aliphatic rings. The van der Waals surface area contributed by atoms with Crippen molar-refractivity contribution in [2.45, 2.75) is 19.5 Å². The van der Waals surface area contributed by atoms with Gasteiger partial charge in [-0.1, -0.05) is 30.3 Å². The van der Waals surface area contributed by atoms with Crippen LogP contribution in [0.25, 0.3) is 10.9 Å². The summed E-state index contributed by atoms with van der Waals surface area (Å²) >= 11 is 0. The van der Waals surface area contributed by atoms with Gasteiger partial charge in [0, 0.05) is 24.3 Å². The van der Waals surface area contributed by atoms with Crippen molar-refractivity contribution < 1.29 is 4.74 Å². The molecule has 3 nitrogen and oxygen atoms in total. The van der Waals surface area contributed by atoms with Gasteiger partial charge in [-0.25, -0.2) is 0 Å². The van der Waals surface area contributed by atoms with Crippen LogP contribution in [0.2, 0.25) is 0 Å². The summed E-state index contributed by atoms with van der Waals surface area (Å²) in [5.41, 5.74) is 3.96. The Labute approximate surface area is 130 Å². The molecule has 112 valence electrons. The van der Waals surface area contributed by atoms with Crippen molar-refractivity contribution in [3.05, 3.63) is 65.9 Å². The summed E-state index contributed by atoms with van der Waals surface area (Å²) in [6, 6.07) is 19.6. The Morgan fingerprint density at radius 2 is 1.95 bits per heavy atom. The maximum absolute atomic E-state index is 5.54. The number of hydrogen-bond acceptors (Lipinski definition) is 2. The lowest BCUT2D eigenvalue weighted by molar-refractivity contribution is 0.340. The molecule has 22 heavy (non-hydrogen) atoms. The fourth-order valence-corrected chi connectivity index (χ4v) is 3.36.